The van der Waals surface area contributed by atoms with Crippen molar-refractivity contribution in [2.45, 2.75) is 6.92 Å². The van der Waals surface area contributed by atoms with Crippen LogP contribution in [0.15, 0.2) is 79.0 Å². The average Bonchev–Trinajstić information content (AvgIpc) is 2.73. The number of hydrogen-bond donors (Lipinski definition) is 3. The maximum absolute atomic E-state index is 12.7. The van der Waals surface area contributed by atoms with Crippen LogP contribution in [0.5, 0.6) is 11.5 Å². The van der Waals surface area contributed by atoms with E-state index in [-0.39, 0.29) is 11.7 Å². The Bertz CT molecular complexity index is 1270. The number of pyridine rings is 1. The van der Waals surface area contributed by atoms with Crippen LogP contribution in [0.3, 0.4) is 0 Å². The third-order valence-corrected chi connectivity index (χ3v) is 4.59. The minimum atomic E-state index is -0.172. The number of carbonyl (C=O) groups is 1. The number of benzene rings is 3. The number of nitrogen functional groups attached to an aromatic ring is 1. The summed E-state index contributed by atoms with van der Waals surface area (Å²) in [6.07, 6.45) is 1.54. The van der Waals surface area contributed by atoms with Crippen LogP contribution in [0, 0.1) is 12.3 Å². The Labute approximate surface area is 173 Å². The van der Waals surface area contributed by atoms with E-state index < -0.39 is 0 Å². The number of carbonyl (C=O) groups excluding carboxylic acids is 1. The van der Waals surface area contributed by atoms with Crippen LogP contribution in [0.1, 0.15) is 21.6 Å². The van der Waals surface area contributed by atoms with Crippen molar-refractivity contribution < 1.29 is 9.53 Å². The molecule has 1 heterocycles. The van der Waals surface area contributed by atoms with Gasteiger partial charge in [0.25, 0.3) is 5.91 Å². The van der Waals surface area contributed by atoms with E-state index in [2.05, 4.69) is 10.3 Å². The monoisotopic (exact) mass is 396 g/mol. The number of hydrogen-bond acceptors (Lipinski definition) is 4. The molecule has 0 aliphatic rings. The van der Waals surface area contributed by atoms with Gasteiger partial charge in [-0.1, -0.05) is 24.3 Å². The summed E-state index contributed by atoms with van der Waals surface area (Å²) in [6, 6.07) is 22.2. The van der Waals surface area contributed by atoms with E-state index in [1.165, 1.54) is 0 Å². The zero-order valence-electron chi connectivity index (χ0n) is 16.3. The Kier molecular flexibility index (Phi) is 5.13. The van der Waals surface area contributed by atoms with E-state index in [1.807, 2.05) is 61.5 Å². The molecule has 0 bridgehead atoms. The highest BCUT2D eigenvalue weighted by Gasteiger charge is 2.09. The number of aromatic nitrogens is 1. The molecule has 148 valence electrons. The second-order valence-electron chi connectivity index (χ2n) is 6.94. The van der Waals surface area contributed by atoms with Gasteiger partial charge in [-0.2, -0.15) is 0 Å². The van der Waals surface area contributed by atoms with Crippen molar-refractivity contribution in [2.75, 3.05) is 5.32 Å². The quantitative estimate of drug-likeness (QED) is 0.331. The fourth-order valence-electron chi connectivity index (χ4n) is 3.11. The number of aryl methyl sites for hydroxylation is 1. The second-order valence-corrected chi connectivity index (χ2v) is 6.94. The van der Waals surface area contributed by atoms with Crippen molar-refractivity contribution in [3.05, 3.63) is 95.8 Å². The molecule has 4 aromatic rings. The Balaban J connectivity index is 1.58. The number of nitrogens with zero attached hydrogens (tertiary/aromatic N) is 1. The highest BCUT2D eigenvalue weighted by atomic mass is 16.5. The number of anilines is 1. The molecule has 6 heteroatoms. The van der Waals surface area contributed by atoms with Crippen molar-refractivity contribution in [2.24, 2.45) is 5.73 Å². The molecule has 0 unspecified atom stereocenters. The van der Waals surface area contributed by atoms with Gasteiger partial charge in [0.05, 0.1) is 0 Å². The highest BCUT2D eigenvalue weighted by molar-refractivity contribution is 6.06. The van der Waals surface area contributed by atoms with E-state index in [0.29, 0.717) is 22.8 Å². The molecule has 4 rings (SSSR count). The maximum Gasteiger partial charge on any atom is 0.255 e. The predicted molar refractivity (Wildman–Crippen MR) is 118 cm³/mol. The number of nitrogens with two attached hydrogens (primary N) is 1. The molecule has 0 aliphatic carbocycles. The largest absolute Gasteiger partial charge is 0.457 e. The molecule has 1 amide bonds. The highest BCUT2D eigenvalue weighted by Crippen LogP contribution is 2.27. The average molecular weight is 396 g/mol. The molecule has 0 spiro atoms. The molecular weight excluding hydrogens is 376 g/mol. The van der Waals surface area contributed by atoms with Crippen LogP contribution in [0.4, 0.5) is 5.69 Å². The number of amides is 1. The van der Waals surface area contributed by atoms with Gasteiger partial charge in [0.15, 0.2) is 0 Å². The lowest BCUT2D eigenvalue weighted by Gasteiger charge is -2.10. The van der Waals surface area contributed by atoms with Gasteiger partial charge < -0.3 is 15.8 Å². The summed E-state index contributed by atoms with van der Waals surface area (Å²) in [5.41, 5.74) is 8.24. The summed E-state index contributed by atoms with van der Waals surface area (Å²) >= 11 is 0. The van der Waals surface area contributed by atoms with Crippen LogP contribution in [-0.4, -0.2) is 16.7 Å². The first-order valence-corrected chi connectivity index (χ1v) is 9.38. The Morgan fingerprint density at radius 1 is 0.967 bits per heavy atom. The molecule has 0 saturated carbocycles. The predicted octanol–water partition coefficient (Wildman–Crippen LogP) is 4.87. The summed E-state index contributed by atoms with van der Waals surface area (Å²) in [5, 5.41) is 12.3. The van der Waals surface area contributed by atoms with Crippen molar-refractivity contribution in [3.8, 4) is 11.5 Å². The van der Waals surface area contributed by atoms with Crippen molar-refractivity contribution >= 4 is 28.2 Å². The zero-order valence-corrected chi connectivity index (χ0v) is 16.3. The lowest BCUT2D eigenvalue weighted by molar-refractivity contribution is 0.102. The van der Waals surface area contributed by atoms with Gasteiger partial charge >= 0.3 is 0 Å². The number of fused-ring (bicyclic) bond motifs is 1. The smallest absolute Gasteiger partial charge is 0.255 e. The number of amidine groups is 1. The summed E-state index contributed by atoms with van der Waals surface area (Å²) in [4.78, 5) is 16.7. The Morgan fingerprint density at radius 2 is 1.77 bits per heavy atom. The lowest BCUT2D eigenvalue weighted by Crippen LogP contribution is -2.12. The first-order chi connectivity index (χ1) is 14.5. The molecule has 0 radical (unpaired) electrons. The number of nitrogens with one attached hydrogen (secondary N) is 2. The van der Waals surface area contributed by atoms with Crippen LogP contribution >= 0.6 is 0 Å². The minimum Gasteiger partial charge on any atom is -0.457 e. The first kappa shape index (κ1) is 19.1. The van der Waals surface area contributed by atoms with Crippen molar-refractivity contribution in [1.29, 1.82) is 5.41 Å². The lowest BCUT2D eigenvalue weighted by atomic mass is 10.1. The Morgan fingerprint density at radius 3 is 2.57 bits per heavy atom. The summed E-state index contributed by atoms with van der Waals surface area (Å²) in [7, 11) is 0. The molecular formula is C24H20N4O2. The zero-order chi connectivity index (χ0) is 21.1. The van der Waals surface area contributed by atoms with Crippen molar-refractivity contribution in [3.63, 3.8) is 0 Å². The fraction of sp³-hybridized carbons (Fsp3) is 0.0417. The van der Waals surface area contributed by atoms with Gasteiger partial charge in [0.1, 0.15) is 23.0 Å². The summed E-state index contributed by atoms with van der Waals surface area (Å²) < 4.78 is 5.89. The molecule has 0 atom stereocenters. The summed E-state index contributed by atoms with van der Waals surface area (Å²) in [6.45, 7) is 1.98. The molecule has 30 heavy (non-hydrogen) atoms. The van der Waals surface area contributed by atoms with E-state index in [4.69, 9.17) is 15.9 Å². The van der Waals surface area contributed by atoms with Gasteiger partial charge in [-0.05, 0) is 65.7 Å². The third kappa shape index (κ3) is 4.28. The number of ether oxygens (including phenoxy) is 1. The number of rotatable bonds is 5. The minimum absolute atomic E-state index is 0.122. The molecule has 0 fully saturated rings. The standard InChI is InChI=1S/C24H20N4O2/c1-15-3-2-4-19(11-15)28-24(29)17-6-5-16-7-8-20(13-18(16)12-17)30-21-9-10-27-22(14-21)23(25)26/h2-14H,1H3,(H3,25,26)(H,28,29). The van der Waals surface area contributed by atoms with Gasteiger partial charge in [-0.25, -0.2) is 0 Å². The fourth-order valence-corrected chi connectivity index (χ4v) is 3.11. The van der Waals surface area contributed by atoms with E-state index in [9.17, 15) is 4.79 Å². The topological polar surface area (TPSA) is 101 Å². The molecule has 0 saturated heterocycles. The van der Waals surface area contributed by atoms with Crippen molar-refractivity contribution in [1.82, 2.24) is 4.98 Å². The van der Waals surface area contributed by atoms with E-state index in [1.54, 1.807) is 24.4 Å². The van der Waals surface area contributed by atoms with Gasteiger partial charge in [0, 0.05) is 23.5 Å². The van der Waals surface area contributed by atoms with Crippen LogP contribution in [-0.2, 0) is 0 Å². The summed E-state index contributed by atoms with van der Waals surface area (Å²) in [5.74, 6) is 0.847. The first-order valence-electron chi connectivity index (χ1n) is 9.38. The van der Waals surface area contributed by atoms with Gasteiger partial charge in [-0.3, -0.25) is 15.2 Å². The van der Waals surface area contributed by atoms with Crippen LogP contribution < -0.4 is 15.8 Å². The third-order valence-electron chi connectivity index (χ3n) is 4.59. The van der Waals surface area contributed by atoms with Gasteiger partial charge in [-0.15, -0.1) is 0 Å². The van der Waals surface area contributed by atoms with Gasteiger partial charge in [0.2, 0.25) is 0 Å². The SMILES string of the molecule is Cc1cccc(NC(=O)c2ccc3ccc(Oc4ccnc(C(=N)N)c4)cc3c2)c1. The maximum atomic E-state index is 12.7. The van der Waals surface area contributed by atoms with Crippen LogP contribution in [0.25, 0.3) is 10.8 Å². The van der Waals surface area contributed by atoms with E-state index in [0.717, 1.165) is 22.0 Å². The molecule has 3 aromatic carbocycles. The molecule has 6 nitrogen and oxygen atoms in total. The Hall–Kier alpha value is -4.19. The van der Waals surface area contributed by atoms with Crippen LogP contribution in [0.2, 0.25) is 0 Å². The molecule has 1 aromatic heterocycles. The molecule has 4 N–H and O–H groups in total. The second kappa shape index (κ2) is 8.05. The normalized spacial score (nSPS) is 10.6. The van der Waals surface area contributed by atoms with E-state index >= 15 is 0 Å². The molecule has 0 aliphatic heterocycles.